The number of methoxy groups -OCH3 is 3. The SMILES string of the molecule is COc1cc(-c2nnc(SCC(=O)N[C@@](C)(C#N)C(C)C)o2)cc(OC)c1OC. The fourth-order valence-corrected chi connectivity index (χ4v) is 2.91. The van der Waals surface area contributed by atoms with Crippen molar-refractivity contribution < 1.29 is 23.4 Å². The summed E-state index contributed by atoms with van der Waals surface area (Å²) in [5, 5.41) is 20.2. The Bertz CT molecular complexity index is 883. The maximum atomic E-state index is 12.2. The molecule has 0 fully saturated rings. The summed E-state index contributed by atoms with van der Waals surface area (Å²) in [5.74, 6) is 1.33. The number of nitrogens with zero attached hydrogens (tertiary/aromatic N) is 3. The van der Waals surface area contributed by atoms with Crippen LogP contribution >= 0.6 is 11.8 Å². The van der Waals surface area contributed by atoms with Crippen molar-refractivity contribution in [1.29, 1.82) is 5.26 Å². The summed E-state index contributed by atoms with van der Waals surface area (Å²) in [6.45, 7) is 5.44. The average molecular weight is 420 g/mol. The first kappa shape index (κ1) is 22.4. The topological polar surface area (TPSA) is 120 Å². The zero-order valence-corrected chi connectivity index (χ0v) is 18.0. The first-order valence-corrected chi connectivity index (χ1v) is 9.75. The number of rotatable bonds is 9. The molecule has 1 N–H and O–H groups in total. The van der Waals surface area contributed by atoms with Crippen molar-refractivity contribution in [2.75, 3.05) is 27.1 Å². The lowest BCUT2D eigenvalue weighted by molar-refractivity contribution is -0.120. The normalized spacial score (nSPS) is 12.8. The zero-order chi connectivity index (χ0) is 21.6. The maximum absolute atomic E-state index is 12.2. The van der Waals surface area contributed by atoms with E-state index in [1.165, 1.54) is 21.3 Å². The Balaban J connectivity index is 2.12. The molecule has 2 rings (SSSR count). The lowest BCUT2D eigenvalue weighted by Crippen LogP contribution is -2.49. The third kappa shape index (κ3) is 5.12. The van der Waals surface area contributed by atoms with E-state index in [0.717, 1.165) is 11.8 Å². The lowest BCUT2D eigenvalue weighted by Gasteiger charge is -2.27. The smallest absolute Gasteiger partial charge is 0.277 e. The molecule has 1 heterocycles. The third-order valence-corrected chi connectivity index (χ3v) is 5.25. The predicted molar refractivity (Wildman–Crippen MR) is 107 cm³/mol. The summed E-state index contributed by atoms with van der Waals surface area (Å²) in [6, 6.07) is 5.52. The molecule has 9 nitrogen and oxygen atoms in total. The van der Waals surface area contributed by atoms with Crippen molar-refractivity contribution in [2.24, 2.45) is 5.92 Å². The van der Waals surface area contributed by atoms with Crippen LogP contribution in [-0.2, 0) is 4.79 Å². The van der Waals surface area contributed by atoms with Gasteiger partial charge in [0.2, 0.25) is 17.5 Å². The van der Waals surface area contributed by atoms with E-state index in [0.29, 0.717) is 22.8 Å². The Hall–Kier alpha value is -2.93. The third-order valence-electron chi connectivity index (χ3n) is 4.43. The molecule has 1 amide bonds. The van der Waals surface area contributed by atoms with Crippen LogP contribution in [0.15, 0.2) is 21.8 Å². The molecule has 0 unspecified atom stereocenters. The van der Waals surface area contributed by atoms with Crippen LogP contribution in [-0.4, -0.2) is 48.7 Å². The molecular weight excluding hydrogens is 396 g/mol. The van der Waals surface area contributed by atoms with Gasteiger partial charge in [0, 0.05) is 5.56 Å². The highest BCUT2D eigenvalue weighted by molar-refractivity contribution is 7.99. The van der Waals surface area contributed by atoms with Crippen LogP contribution in [0.4, 0.5) is 0 Å². The van der Waals surface area contributed by atoms with Gasteiger partial charge in [-0.1, -0.05) is 25.6 Å². The van der Waals surface area contributed by atoms with Crippen molar-refractivity contribution in [1.82, 2.24) is 15.5 Å². The number of carbonyl (C=O) groups excluding carboxylic acids is 1. The van der Waals surface area contributed by atoms with Gasteiger partial charge < -0.3 is 23.9 Å². The van der Waals surface area contributed by atoms with Crippen molar-refractivity contribution in [3.63, 3.8) is 0 Å². The number of amides is 1. The second-order valence-corrected chi connectivity index (χ2v) is 7.52. The number of hydrogen-bond donors (Lipinski definition) is 1. The molecule has 0 aliphatic rings. The maximum Gasteiger partial charge on any atom is 0.277 e. The molecule has 1 atom stereocenters. The summed E-state index contributed by atoms with van der Waals surface area (Å²) < 4.78 is 21.6. The van der Waals surface area contributed by atoms with E-state index in [-0.39, 0.29) is 28.7 Å². The first-order chi connectivity index (χ1) is 13.8. The van der Waals surface area contributed by atoms with Crippen LogP contribution in [0.1, 0.15) is 20.8 Å². The summed E-state index contributed by atoms with van der Waals surface area (Å²) in [6.07, 6.45) is 0. The van der Waals surface area contributed by atoms with Crippen LogP contribution in [0, 0.1) is 17.2 Å². The number of carbonyl (C=O) groups is 1. The van der Waals surface area contributed by atoms with E-state index in [1.54, 1.807) is 19.1 Å². The fourth-order valence-electron chi connectivity index (χ4n) is 2.34. The average Bonchev–Trinajstić information content (AvgIpc) is 3.19. The molecule has 1 aromatic heterocycles. The highest BCUT2D eigenvalue weighted by atomic mass is 32.2. The van der Waals surface area contributed by atoms with Gasteiger partial charge in [-0.05, 0) is 25.0 Å². The van der Waals surface area contributed by atoms with Crippen LogP contribution < -0.4 is 19.5 Å². The van der Waals surface area contributed by atoms with Crippen LogP contribution in [0.3, 0.4) is 0 Å². The second kappa shape index (κ2) is 9.52. The quantitative estimate of drug-likeness (QED) is 0.610. The minimum atomic E-state index is -0.937. The molecule has 0 aliphatic heterocycles. The lowest BCUT2D eigenvalue weighted by atomic mass is 9.90. The molecule has 0 aliphatic carbocycles. The number of aromatic nitrogens is 2. The number of nitrogens with one attached hydrogen (secondary N) is 1. The van der Waals surface area contributed by atoms with Gasteiger partial charge in [0.05, 0.1) is 33.2 Å². The Labute approximate surface area is 173 Å². The highest BCUT2D eigenvalue weighted by Gasteiger charge is 2.30. The molecule has 29 heavy (non-hydrogen) atoms. The molecule has 2 aromatic rings. The predicted octanol–water partition coefficient (Wildman–Crippen LogP) is 2.91. The van der Waals surface area contributed by atoms with Crippen molar-refractivity contribution >= 4 is 17.7 Å². The van der Waals surface area contributed by atoms with Crippen molar-refractivity contribution in [3.8, 4) is 34.8 Å². The zero-order valence-electron chi connectivity index (χ0n) is 17.2. The first-order valence-electron chi connectivity index (χ1n) is 8.76. The molecule has 10 heteroatoms. The van der Waals surface area contributed by atoms with Crippen molar-refractivity contribution in [2.45, 2.75) is 31.5 Å². The Kier molecular flexibility index (Phi) is 7.34. The van der Waals surface area contributed by atoms with E-state index in [2.05, 4.69) is 21.6 Å². The van der Waals surface area contributed by atoms with Gasteiger partial charge in [-0.2, -0.15) is 5.26 Å². The van der Waals surface area contributed by atoms with E-state index in [1.807, 2.05) is 13.8 Å². The molecule has 0 saturated carbocycles. The van der Waals surface area contributed by atoms with Crippen LogP contribution in [0.25, 0.3) is 11.5 Å². The standard InChI is InChI=1S/C19H24N4O5S/c1-11(2)19(3,10-20)21-15(24)9-29-18-23-22-17(28-18)12-7-13(25-4)16(27-6)14(8-12)26-5/h7-8,11H,9H2,1-6H3,(H,21,24)/t19-/m0/s1. The summed E-state index contributed by atoms with van der Waals surface area (Å²) in [4.78, 5) is 12.2. The van der Waals surface area contributed by atoms with Gasteiger partial charge in [0.1, 0.15) is 5.54 Å². The molecule has 0 radical (unpaired) electrons. The number of benzene rings is 1. The highest BCUT2D eigenvalue weighted by Crippen LogP contribution is 2.41. The molecule has 1 aromatic carbocycles. The van der Waals surface area contributed by atoms with Gasteiger partial charge in [0.15, 0.2) is 11.5 Å². The van der Waals surface area contributed by atoms with Gasteiger partial charge >= 0.3 is 0 Å². The largest absolute Gasteiger partial charge is 0.493 e. The monoisotopic (exact) mass is 420 g/mol. The summed E-state index contributed by atoms with van der Waals surface area (Å²) in [5.41, 5.74) is -0.353. The molecule has 0 bridgehead atoms. The Morgan fingerprint density at radius 2 is 1.86 bits per heavy atom. The van der Waals surface area contributed by atoms with Gasteiger partial charge in [-0.3, -0.25) is 4.79 Å². The number of ether oxygens (including phenoxy) is 3. The minimum Gasteiger partial charge on any atom is -0.493 e. The fraction of sp³-hybridized carbons (Fsp3) is 0.474. The van der Waals surface area contributed by atoms with E-state index in [4.69, 9.17) is 18.6 Å². The minimum absolute atomic E-state index is 0.0310. The van der Waals surface area contributed by atoms with Gasteiger partial charge in [-0.15, -0.1) is 10.2 Å². The van der Waals surface area contributed by atoms with Crippen molar-refractivity contribution in [3.05, 3.63) is 12.1 Å². The Morgan fingerprint density at radius 1 is 1.24 bits per heavy atom. The van der Waals surface area contributed by atoms with Gasteiger partial charge in [-0.25, -0.2) is 0 Å². The molecule has 0 saturated heterocycles. The van der Waals surface area contributed by atoms with Crippen LogP contribution in [0.2, 0.25) is 0 Å². The van der Waals surface area contributed by atoms with Gasteiger partial charge in [0.25, 0.3) is 5.22 Å². The molecule has 156 valence electrons. The van der Waals surface area contributed by atoms with E-state index in [9.17, 15) is 10.1 Å². The summed E-state index contributed by atoms with van der Waals surface area (Å²) in [7, 11) is 4.55. The second-order valence-electron chi connectivity index (χ2n) is 6.59. The summed E-state index contributed by atoms with van der Waals surface area (Å²) >= 11 is 1.09. The van der Waals surface area contributed by atoms with Crippen LogP contribution in [0.5, 0.6) is 17.2 Å². The number of thioether (sulfide) groups is 1. The Morgan fingerprint density at radius 3 is 2.34 bits per heavy atom. The van der Waals surface area contributed by atoms with E-state index >= 15 is 0 Å². The molecule has 0 spiro atoms. The number of hydrogen-bond acceptors (Lipinski definition) is 9. The molecular formula is C19H24N4O5S. The number of nitriles is 1. The van der Waals surface area contributed by atoms with E-state index < -0.39 is 5.54 Å².